The molecule has 0 radical (unpaired) electrons. The van der Waals surface area contributed by atoms with Gasteiger partial charge in [0.05, 0.1) is 7.11 Å². The Morgan fingerprint density at radius 2 is 1.23 bits per heavy atom. The van der Waals surface area contributed by atoms with Crippen LogP contribution in [0.5, 0.6) is 11.5 Å². The van der Waals surface area contributed by atoms with Crippen LogP contribution in [0.15, 0.2) is 48.5 Å². The fourth-order valence-corrected chi connectivity index (χ4v) is 4.17. The molecule has 0 heterocycles. The van der Waals surface area contributed by atoms with Crippen molar-refractivity contribution in [3.63, 3.8) is 0 Å². The monoisotopic (exact) mass is 352 g/mol. The summed E-state index contributed by atoms with van der Waals surface area (Å²) in [5.74, 6) is 1.21. The van der Waals surface area contributed by atoms with Crippen molar-refractivity contribution in [3.8, 4) is 11.5 Å². The first kappa shape index (κ1) is 18.5. The van der Waals surface area contributed by atoms with Crippen molar-refractivity contribution in [2.45, 2.75) is 57.3 Å². The zero-order valence-corrected chi connectivity index (χ0v) is 15.8. The van der Waals surface area contributed by atoms with E-state index in [1.54, 1.807) is 7.11 Å². The number of hydrogen-bond donors (Lipinski definition) is 0. The van der Waals surface area contributed by atoms with Crippen LogP contribution < -0.4 is 9.47 Å². The molecule has 2 aromatic rings. The third-order valence-electron chi connectivity index (χ3n) is 5.52. The van der Waals surface area contributed by atoms with Gasteiger partial charge in [-0.2, -0.15) is 0 Å². The Morgan fingerprint density at radius 3 is 1.69 bits per heavy atom. The van der Waals surface area contributed by atoms with Crippen molar-refractivity contribution >= 4 is 5.97 Å². The van der Waals surface area contributed by atoms with E-state index in [0.29, 0.717) is 5.75 Å². The first-order chi connectivity index (χ1) is 12.6. The van der Waals surface area contributed by atoms with Crippen LogP contribution in [0.1, 0.15) is 63.0 Å². The molecule has 2 aromatic carbocycles. The van der Waals surface area contributed by atoms with Crippen molar-refractivity contribution in [1.29, 1.82) is 0 Å². The highest BCUT2D eigenvalue weighted by molar-refractivity contribution is 5.69. The van der Waals surface area contributed by atoms with Gasteiger partial charge in [0.15, 0.2) is 0 Å². The highest BCUT2D eigenvalue weighted by atomic mass is 16.5. The number of esters is 1. The number of ether oxygens (including phenoxy) is 2. The maximum Gasteiger partial charge on any atom is 0.308 e. The predicted octanol–water partition coefficient (Wildman–Crippen LogP) is 5.65. The largest absolute Gasteiger partial charge is 0.497 e. The van der Waals surface area contributed by atoms with Crippen LogP contribution in [0.4, 0.5) is 0 Å². The quantitative estimate of drug-likeness (QED) is 0.527. The van der Waals surface area contributed by atoms with E-state index in [1.165, 1.54) is 50.2 Å². The summed E-state index contributed by atoms with van der Waals surface area (Å²) in [6.45, 7) is 1.43. The molecule has 0 bridgehead atoms. The summed E-state index contributed by atoms with van der Waals surface area (Å²) >= 11 is 0. The number of benzene rings is 2. The molecule has 0 saturated heterocycles. The second-order valence-corrected chi connectivity index (χ2v) is 7.20. The summed E-state index contributed by atoms with van der Waals surface area (Å²) in [6, 6.07) is 16.6. The summed E-state index contributed by atoms with van der Waals surface area (Å²) in [6.07, 6.45) is 8.69. The Kier molecular flexibility index (Phi) is 5.97. The van der Waals surface area contributed by atoms with Crippen LogP contribution in [0.25, 0.3) is 0 Å². The van der Waals surface area contributed by atoms with Crippen LogP contribution in [0.3, 0.4) is 0 Å². The minimum atomic E-state index is -0.284. The van der Waals surface area contributed by atoms with E-state index < -0.39 is 0 Å². The molecule has 0 amide bonds. The summed E-state index contributed by atoms with van der Waals surface area (Å²) in [5.41, 5.74) is 2.67. The SMILES string of the molecule is COc1ccc(C2(c3ccc(OC(C)=O)cc3)CCCCCCC2)cc1. The molecule has 1 fully saturated rings. The minimum absolute atomic E-state index is 0.0153. The number of rotatable bonds is 4. The number of carbonyl (C=O) groups is 1. The molecule has 0 spiro atoms. The van der Waals surface area contributed by atoms with E-state index in [4.69, 9.17) is 9.47 Å². The Morgan fingerprint density at radius 1 is 0.769 bits per heavy atom. The third kappa shape index (κ3) is 4.09. The molecule has 138 valence electrons. The van der Waals surface area contributed by atoms with Gasteiger partial charge >= 0.3 is 5.97 Å². The van der Waals surface area contributed by atoms with Gasteiger partial charge in [0, 0.05) is 12.3 Å². The summed E-state index contributed by atoms with van der Waals surface area (Å²) in [4.78, 5) is 11.2. The molecule has 0 atom stereocenters. The molecule has 1 aliphatic carbocycles. The zero-order valence-electron chi connectivity index (χ0n) is 15.8. The van der Waals surface area contributed by atoms with Crippen LogP contribution in [-0.2, 0) is 10.2 Å². The maximum absolute atomic E-state index is 11.2. The lowest BCUT2D eigenvalue weighted by Gasteiger charge is -2.37. The van der Waals surface area contributed by atoms with E-state index >= 15 is 0 Å². The van der Waals surface area contributed by atoms with Gasteiger partial charge < -0.3 is 9.47 Å². The topological polar surface area (TPSA) is 35.5 Å². The average Bonchev–Trinajstić information content (AvgIpc) is 2.63. The molecule has 0 aliphatic heterocycles. The summed E-state index contributed by atoms with van der Waals surface area (Å²) in [5, 5.41) is 0. The standard InChI is InChI=1S/C23H28O3/c1-18(24)26-22-14-10-20(11-15-22)23(16-6-4-3-5-7-17-23)19-8-12-21(25-2)13-9-19/h8-15H,3-7,16-17H2,1-2H3. The minimum Gasteiger partial charge on any atom is -0.497 e. The third-order valence-corrected chi connectivity index (χ3v) is 5.52. The van der Waals surface area contributed by atoms with Crippen molar-refractivity contribution in [2.24, 2.45) is 0 Å². The van der Waals surface area contributed by atoms with Crippen LogP contribution in [0.2, 0.25) is 0 Å². The van der Waals surface area contributed by atoms with Crippen molar-refractivity contribution < 1.29 is 14.3 Å². The number of carbonyl (C=O) groups excluding carboxylic acids is 1. The fourth-order valence-electron chi connectivity index (χ4n) is 4.17. The summed E-state index contributed by atoms with van der Waals surface area (Å²) in [7, 11) is 1.70. The van der Waals surface area contributed by atoms with Crippen LogP contribution in [0, 0.1) is 0 Å². The molecule has 0 unspecified atom stereocenters. The Labute approximate surface area is 156 Å². The molecule has 3 heteroatoms. The lowest BCUT2D eigenvalue weighted by Crippen LogP contribution is -2.28. The second kappa shape index (κ2) is 8.39. The van der Waals surface area contributed by atoms with Crippen LogP contribution >= 0.6 is 0 Å². The molecule has 1 saturated carbocycles. The lowest BCUT2D eigenvalue weighted by atomic mass is 9.67. The van der Waals surface area contributed by atoms with E-state index in [9.17, 15) is 4.79 Å². The predicted molar refractivity (Wildman–Crippen MR) is 104 cm³/mol. The summed E-state index contributed by atoms with van der Waals surface area (Å²) < 4.78 is 10.6. The van der Waals surface area contributed by atoms with E-state index in [2.05, 4.69) is 36.4 Å². The van der Waals surface area contributed by atoms with Crippen molar-refractivity contribution in [3.05, 3.63) is 59.7 Å². The highest BCUT2D eigenvalue weighted by Crippen LogP contribution is 2.44. The smallest absolute Gasteiger partial charge is 0.308 e. The Balaban J connectivity index is 1.99. The molecule has 3 nitrogen and oxygen atoms in total. The Hall–Kier alpha value is -2.29. The molecule has 0 aromatic heterocycles. The molecule has 26 heavy (non-hydrogen) atoms. The van der Waals surface area contributed by atoms with Crippen LogP contribution in [-0.4, -0.2) is 13.1 Å². The van der Waals surface area contributed by atoms with Gasteiger partial charge in [0.1, 0.15) is 11.5 Å². The maximum atomic E-state index is 11.2. The van der Waals surface area contributed by atoms with Gasteiger partial charge in [0.2, 0.25) is 0 Å². The van der Waals surface area contributed by atoms with Gasteiger partial charge in [-0.1, -0.05) is 56.4 Å². The molecule has 1 aliphatic rings. The lowest BCUT2D eigenvalue weighted by molar-refractivity contribution is -0.131. The molecule has 0 N–H and O–H groups in total. The van der Waals surface area contributed by atoms with Crippen molar-refractivity contribution in [1.82, 2.24) is 0 Å². The average molecular weight is 352 g/mol. The molecular weight excluding hydrogens is 324 g/mol. The Bertz CT molecular complexity index is 708. The molecular formula is C23H28O3. The van der Waals surface area contributed by atoms with Gasteiger partial charge in [-0.25, -0.2) is 0 Å². The van der Waals surface area contributed by atoms with E-state index in [0.717, 1.165) is 18.6 Å². The van der Waals surface area contributed by atoms with Gasteiger partial charge in [-0.05, 0) is 48.2 Å². The zero-order chi connectivity index (χ0) is 18.4. The highest BCUT2D eigenvalue weighted by Gasteiger charge is 2.34. The fraction of sp³-hybridized carbons (Fsp3) is 0.435. The normalized spacial score (nSPS) is 17.0. The molecule has 3 rings (SSSR count). The van der Waals surface area contributed by atoms with Gasteiger partial charge in [-0.3, -0.25) is 4.79 Å². The second-order valence-electron chi connectivity index (χ2n) is 7.20. The number of methoxy groups -OCH3 is 1. The first-order valence-corrected chi connectivity index (χ1v) is 9.57. The van der Waals surface area contributed by atoms with Crippen molar-refractivity contribution in [2.75, 3.05) is 7.11 Å². The van der Waals surface area contributed by atoms with Gasteiger partial charge in [0.25, 0.3) is 0 Å². The van der Waals surface area contributed by atoms with E-state index in [1.807, 2.05) is 12.1 Å². The first-order valence-electron chi connectivity index (χ1n) is 9.57. The van der Waals surface area contributed by atoms with E-state index in [-0.39, 0.29) is 11.4 Å². The number of hydrogen-bond acceptors (Lipinski definition) is 3. The van der Waals surface area contributed by atoms with Gasteiger partial charge in [-0.15, -0.1) is 0 Å².